The van der Waals surface area contributed by atoms with Gasteiger partial charge in [0.25, 0.3) is 11.0 Å². The minimum atomic E-state index is -2.88. The lowest BCUT2D eigenvalue weighted by Gasteiger charge is -2.07. The standard InChI is InChI=1S/C14H6Br2Cl2O3P/c15-7-3-1-4-8(16)11(7)13(19)22(21)14(20)12-9(17)5-2-6-10(12)18/h1-6H. The molecular weight excluding hydrogens is 478 g/mol. The molecule has 0 N–H and O–H groups in total. The van der Waals surface area contributed by atoms with Crippen LogP contribution in [0.15, 0.2) is 45.3 Å². The van der Waals surface area contributed by atoms with Crippen LogP contribution in [0, 0.1) is 0 Å². The molecule has 0 aliphatic carbocycles. The zero-order valence-electron chi connectivity index (χ0n) is 10.6. The second-order valence-electron chi connectivity index (χ2n) is 4.10. The van der Waals surface area contributed by atoms with Crippen molar-refractivity contribution in [2.45, 2.75) is 0 Å². The summed E-state index contributed by atoms with van der Waals surface area (Å²) in [5, 5.41) is 0.111. The maximum absolute atomic E-state index is 12.4. The van der Waals surface area contributed by atoms with Crippen molar-refractivity contribution in [3.63, 3.8) is 0 Å². The maximum atomic E-state index is 12.4. The normalized spacial score (nSPS) is 11.2. The van der Waals surface area contributed by atoms with Gasteiger partial charge in [0.15, 0.2) is 0 Å². The van der Waals surface area contributed by atoms with E-state index >= 15 is 0 Å². The molecule has 1 radical (unpaired) electrons. The number of rotatable bonds is 4. The zero-order chi connectivity index (χ0) is 16.4. The van der Waals surface area contributed by atoms with Gasteiger partial charge in [-0.25, -0.2) is 0 Å². The van der Waals surface area contributed by atoms with E-state index in [4.69, 9.17) is 23.2 Å². The Morgan fingerprint density at radius 1 is 0.818 bits per heavy atom. The highest BCUT2D eigenvalue weighted by Gasteiger charge is 2.30. The van der Waals surface area contributed by atoms with Crippen molar-refractivity contribution in [2.75, 3.05) is 0 Å². The molecular formula is C14H6Br2Cl2O3P. The number of carbonyl (C=O) groups excluding carboxylic acids is 2. The van der Waals surface area contributed by atoms with E-state index in [1.165, 1.54) is 12.1 Å². The number of hydrogen-bond donors (Lipinski definition) is 0. The highest BCUT2D eigenvalue weighted by molar-refractivity contribution is 9.11. The summed E-state index contributed by atoms with van der Waals surface area (Å²) < 4.78 is 13.2. The molecule has 0 aliphatic rings. The molecule has 0 fully saturated rings. The zero-order valence-corrected chi connectivity index (χ0v) is 16.2. The van der Waals surface area contributed by atoms with Gasteiger partial charge in [-0.3, -0.25) is 14.2 Å². The molecule has 2 rings (SSSR count). The van der Waals surface area contributed by atoms with Crippen LogP contribution in [0.4, 0.5) is 0 Å². The summed E-state index contributed by atoms with van der Waals surface area (Å²) >= 11 is 18.3. The number of carbonyl (C=O) groups is 2. The van der Waals surface area contributed by atoms with Crippen LogP contribution in [0.2, 0.25) is 10.0 Å². The lowest BCUT2D eigenvalue weighted by molar-refractivity contribution is 0.104. The van der Waals surface area contributed by atoms with Gasteiger partial charge in [0.05, 0.1) is 21.2 Å². The van der Waals surface area contributed by atoms with Gasteiger partial charge < -0.3 is 0 Å². The quantitative estimate of drug-likeness (QED) is 0.478. The Bertz CT molecular complexity index is 703. The Morgan fingerprint density at radius 2 is 1.23 bits per heavy atom. The molecule has 0 aromatic heterocycles. The molecule has 0 heterocycles. The van der Waals surface area contributed by atoms with Gasteiger partial charge in [0.2, 0.25) is 7.80 Å². The van der Waals surface area contributed by atoms with Gasteiger partial charge in [0.1, 0.15) is 0 Å². The molecule has 3 nitrogen and oxygen atoms in total. The van der Waals surface area contributed by atoms with Crippen LogP contribution in [-0.2, 0) is 4.57 Å². The van der Waals surface area contributed by atoms with Crippen molar-refractivity contribution < 1.29 is 14.2 Å². The minimum Gasteiger partial charge on any atom is -0.281 e. The molecule has 8 heteroatoms. The van der Waals surface area contributed by atoms with Crippen molar-refractivity contribution in [1.29, 1.82) is 0 Å². The maximum Gasteiger partial charge on any atom is 0.252 e. The summed E-state index contributed by atoms with van der Waals surface area (Å²) in [6.07, 6.45) is 0. The average Bonchev–Trinajstić information content (AvgIpc) is 2.45. The van der Waals surface area contributed by atoms with E-state index in [9.17, 15) is 14.2 Å². The lowest BCUT2D eigenvalue weighted by atomic mass is 10.2. The fraction of sp³-hybridized carbons (Fsp3) is 0. The molecule has 0 saturated heterocycles. The van der Waals surface area contributed by atoms with Crippen molar-refractivity contribution in [3.8, 4) is 0 Å². The summed E-state index contributed by atoms with van der Waals surface area (Å²) in [5.41, 5.74) is -1.66. The highest BCUT2D eigenvalue weighted by atomic mass is 79.9. The summed E-state index contributed by atoms with van der Waals surface area (Å²) in [4.78, 5) is 24.7. The van der Waals surface area contributed by atoms with Gasteiger partial charge in [-0.15, -0.1) is 0 Å². The van der Waals surface area contributed by atoms with Crippen LogP contribution in [0.5, 0.6) is 0 Å². The first kappa shape index (κ1) is 17.8. The predicted molar refractivity (Wildman–Crippen MR) is 94.6 cm³/mol. The van der Waals surface area contributed by atoms with E-state index in [0.29, 0.717) is 8.95 Å². The van der Waals surface area contributed by atoms with Crippen LogP contribution < -0.4 is 0 Å². The molecule has 113 valence electrons. The first-order chi connectivity index (χ1) is 10.3. The van der Waals surface area contributed by atoms with Crippen molar-refractivity contribution in [3.05, 3.63) is 66.5 Å². The molecule has 0 saturated carbocycles. The number of benzene rings is 2. The lowest BCUT2D eigenvalue weighted by Crippen LogP contribution is -2.04. The first-order valence-electron chi connectivity index (χ1n) is 5.78. The van der Waals surface area contributed by atoms with Gasteiger partial charge >= 0.3 is 0 Å². The fourth-order valence-corrected chi connectivity index (χ4v) is 5.14. The third-order valence-corrected chi connectivity index (χ3v) is 5.86. The van der Waals surface area contributed by atoms with Crippen molar-refractivity contribution in [1.82, 2.24) is 0 Å². The Labute approximate surface area is 154 Å². The molecule has 0 bridgehead atoms. The minimum absolute atomic E-state index is 0.0554. The van der Waals surface area contributed by atoms with Crippen LogP contribution in [0.3, 0.4) is 0 Å². The Morgan fingerprint density at radius 3 is 1.73 bits per heavy atom. The van der Waals surface area contributed by atoms with Gasteiger partial charge in [0, 0.05) is 8.95 Å². The van der Waals surface area contributed by atoms with Crippen LogP contribution >= 0.6 is 62.9 Å². The molecule has 1 unspecified atom stereocenters. The van der Waals surface area contributed by atoms with E-state index in [0.717, 1.165) is 0 Å². The first-order valence-corrected chi connectivity index (χ1v) is 9.38. The van der Waals surface area contributed by atoms with E-state index in [-0.39, 0.29) is 21.2 Å². The molecule has 0 amide bonds. The predicted octanol–water partition coefficient (Wildman–Crippen LogP) is 6.33. The summed E-state index contributed by atoms with van der Waals surface area (Å²) in [6.45, 7) is 0. The third kappa shape index (κ3) is 3.50. The van der Waals surface area contributed by atoms with E-state index in [1.807, 2.05) is 0 Å². The second-order valence-corrected chi connectivity index (χ2v) is 8.02. The highest BCUT2D eigenvalue weighted by Crippen LogP contribution is 2.40. The molecule has 2 aromatic rings. The average molecular weight is 484 g/mol. The SMILES string of the molecule is O=C(c1c(Cl)cccc1Cl)[P](=O)C(=O)c1c(Br)cccc1Br. The monoisotopic (exact) mass is 481 g/mol. The van der Waals surface area contributed by atoms with Crippen LogP contribution in [0.25, 0.3) is 0 Å². The second kappa shape index (κ2) is 7.33. The van der Waals surface area contributed by atoms with Crippen molar-refractivity contribution in [2.24, 2.45) is 0 Å². The summed E-state index contributed by atoms with van der Waals surface area (Å²) in [7, 11) is -2.88. The smallest absolute Gasteiger partial charge is 0.252 e. The Kier molecular flexibility index (Phi) is 5.92. The Balaban J connectivity index is 2.44. The van der Waals surface area contributed by atoms with Gasteiger partial charge in [-0.1, -0.05) is 35.3 Å². The number of hydrogen-bond acceptors (Lipinski definition) is 3. The molecule has 0 aliphatic heterocycles. The van der Waals surface area contributed by atoms with Crippen LogP contribution in [-0.4, -0.2) is 11.0 Å². The third-order valence-electron chi connectivity index (χ3n) is 2.72. The molecule has 2 aromatic carbocycles. The van der Waals surface area contributed by atoms with E-state index in [2.05, 4.69) is 31.9 Å². The largest absolute Gasteiger partial charge is 0.281 e. The van der Waals surface area contributed by atoms with Crippen molar-refractivity contribution >= 4 is 73.9 Å². The molecule has 0 spiro atoms. The van der Waals surface area contributed by atoms with E-state index < -0.39 is 18.8 Å². The fourth-order valence-electron chi connectivity index (χ4n) is 1.70. The Hall–Kier alpha value is -0.580. The van der Waals surface area contributed by atoms with Crippen LogP contribution in [0.1, 0.15) is 20.7 Å². The molecule has 1 atom stereocenters. The summed E-state index contributed by atoms with van der Waals surface area (Å²) in [6, 6.07) is 9.39. The number of halogens is 4. The van der Waals surface area contributed by atoms with E-state index in [1.54, 1.807) is 24.3 Å². The van der Waals surface area contributed by atoms with Gasteiger partial charge in [-0.2, -0.15) is 0 Å². The summed E-state index contributed by atoms with van der Waals surface area (Å²) in [5.74, 6) is 0. The molecule has 22 heavy (non-hydrogen) atoms. The topological polar surface area (TPSA) is 51.2 Å². The van der Waals surface area contributed by atoms with Gasteiger partial charge in [-0.05, 0) is 56.1 Å².